The van der Waals surface area contributed by atoms with Gasteiger partial charge in [-0.1, -0.05) is 17.7 Å². The van der Waals surface area contributed by atoms with E-state index in [1.54, 1.807) is 45.9 Å². The summed E-state index contributed by atoms with van der Waals surface area (Å²) in [5, 5.41) is 3.83. The maximum Gasteiger partial charge on any atom is 0.235 e. The van der Waals surface area contributed by atoms with E-state index >= 15 is 0 Å². The first-order valence-electron chi connectivity index (χ1n) is 10.3. The van der Waals surface area contributed by atoms with Gasteiger partial charge < -0.3 is 24.4 Å². The lowest BCUT2D eigenvalue weighted by Gasteiger charge is -2.23. The predicted octanol–water partition coefficient (Wildman–Crippen LogP) is 5.03. The van der Waals surface area contributed by atoms with Crippen molar-refractivity contribution < 1.29 is 14.2 Å². The van der Waals surface area contributed by atoms with Crippen molar-refractivity contribution in [2.75, 3.05) is 31.5 Å². The molecule has 0 unspecified atom stereocenters. The minimum absolute atomic E-state index is 0.351. The summed E-state index contributed by atoms with van der Waals surface area (Å²) in [7, 11) is 4.68. The molecular formula is C24H23ClN6O3. The smallest absolute Gasteiger partial charge is 0.235 e. The van der Waals surface area contributed by atoms with Crippen molar-refractivity contribution in [3.8, 4) is 17.2 Å². The molecule has 1 N–H and O–H groups in total. The van der Waals surface area contributed by atoms with E-state index < -0.39 is 0 Å². The fraction of sp³-hybridized carbons (Fsp3) is 0.167. The maximum absolute atomic E-state index is 6.10. The number of anilines is 4. The lowest BCUT2D eigenvalue weighted by molar-refractivity contribution is 0.324. The number of nitrogens with zero attached hydrogens (tertiary/aromatic N) is 5. The van der Waals surface area contributed by atoms with Gasteiger partial charge in [0.25, 0.3) is 0 Å². The predicted molar refractivity (Wildman–Crippen MR) is 131 cm³/mol. The van der Waals surface area contributed by atoms with Crippen molar-refractivity contribution in [2.45, 2.75) is 6.54 Å². The Balaban J connectivity index is 1.68. The molecule has 34 heavy (non-hydrogen) atoms. The molecule has 0 radical (unpaired) electrons. The molecule has 2 heterocycles. The van der Waals surface area contributed by atoms with Gasteiger partial charge in [0, 0.05) is 40.9 Å². The Morgan fingerprint density at radius 3 is 2.29 bits per heavy atom. The molecule has 0 saturated carbocycles. The molecule has 0 amide bonds. The van der Waals surface area contributed by atoms with Gasteiger partial charge in [0.2, 0.25) is 17.6 Å². The molecule has 4 aromatic rings. The van der Waals surface area contributed by atoms with Crippen LogP contribution in [0.3, 0.4) is 0 Å². The van der Waals surface area contributed by atoms with Crippen LogP contribution < -0.4 is 24.4 Å². The number of methoxy groups -OCH3 is 3. The zero-order chi connectivity index (χ0) is 23.9. The van der Waals surface area contributed by atoms with Crippen LogP contribution in [0.2, 0.25) is 5.02 Å². The van der Waals surface area contributed by atoms with E-state index in [0.717, 1.165) is 11.3 Å². The standard InChI is InChI=1S/C24H23ClN6O3/c1-32-20-11-18(12-21(33-2)22(20)34-3)29-23-27-15-28-24(30-23)31(14-16-5-4-10-26-13-16)19-8-6-17(25)7-9-19/h4-13,15H,14H2,1-3H3,(H,27,28,29,30). The molecule has 0 aliphatic heterocycles. The van der Waals surface area contributed by atoms with Crippen LogP contribution in [0.1, 0.15) is 5.56 Å². The summed E-state index contributed by atoms with van der Waals surface area (Å²) in [4.78, 5) is 19.5. The Morgan fingerprint density at radius 2 is 1.68 bits per heavy atom. The molecule has 9 nitrogen and oxygen atoms in total. The SMILES string of the molecule is COc1cc(Nc2ncnc(N(Cc3cccnc3)c3ccc(Cl)cc3)n2)cc(OC)c1OC. The minimum Gasteiger partial charge on any atom is -0.493 e. The third-order valence-corrected chi connectivity index (χ3v) is 5.18. The summed E-state index contributed by atoms with van der Waals surface area (Å²) in [6, 6.07) is 14.9. The number of ether oxygens (including phenoxy) is 3. The van der Waals surface area contributed by atoms with Crippen molar-refractivity contribution in [3.05, 3.63) is 77.8 Å². The summed E-state index contributed by atoms with van der Waals surface area (Å²) in [6.07, 6.45) is 4.99. The van der Waals surface area contributed by atoms with E-state index in [2.05, 4.69) is 25.3 Å². The molecule has 0 fully saturated rings. The van der Waals surface area contributed by atoms with Crippen molar-refractivity contribution in [2.24, 2.45) is 0 Å². The Morgan fingerprint density at radius 1 is 0.941 bits per heavy atom. The molecule has 4 rings (SSSR count). The fourth-order valence-corrected chi connectivity index (χ4v) is 3.46. The van der Waals surface area contributed by atoms with Crippen LogP contribution in [0, 0.1) is 0 Å². The Labute approximate surface area is 202 Å². The molecule has 174 valence electrons. The Kier molecular flexibility index (Phi) is 7.24. The zero-order valence-electron chi connectivity index (χ0n) is 18.9. The number of pyridine rings is 1. The summed E-state index contributed by atoms with van der Waals surface area (Å²) in [6.45, 7) is 0.503. The number of halogens is 1. The van der Waals surface area contributed by atoms with Crippen molar-refractivity contribution >= 4 is 34.9 Å². The van der Waals surface area contributed by atoms with E-state index in [-0.39, 0.29) is 0 Å². The molecule has 2 aromatic heterocycles. The second-order valence-corrected chi connectivity index (χ2v) is 7.51. The van der Waals surface area contributed by atoms with E-state index in [9.17, 15) is 0 Å². The topological polar surface area (TPSA) is 94.5 Å². The van der Waals surface area contributed by atoms with Gasteiger partial charge in [0.15, 0.2) is 11.5 Å². The highest BCUT2D eigenvalue weighted by molar-refractivity contribution is 6.30. The van der Waals surface area contributed by atoms with Gasteiger partial charge in [-0.25, -0.2) is 9.97 Å². The third kappa shape index (κ3) is 5.26. The molecule has 0 bridgehead atoms. The summed E-state index contributed by atoms with van der Waals surface area (Å²) in [5.74, 6) is 2.33. The number of benzene rings is 2. The number of hydrogen-bond donors (Lipinski definition) is 1. The van der Waals surface area contributed by atoms with Crippen molar-refractivity contribution in [3.63, 3.8) is 0 Å². The molecule has 2 aromatic carbocycles. The van der Waals surface area contributed by atoms with E-state index in [1.165, 1.54) is 6.33 Å². The number of nitrogens with one attached hydrogen (secondary N) is 1. The zero-order valence-corrected chi connectivity index (χ0v) is 19.7. The number of rotatable bonds is 9. The monoisotopic (exact) mass is 478 g/mol. The quantitative estimate of drug-likeness (QED) is 0.355. The third-order valence-electron chi connectivity index (χ3n) is 4.92. The summed E-state index contributed by atoms with van der Waals surface area (Å²) >= 11 is 6.10. The molecule has 0 aliphatic rings. The lowest BCUT2D eigenvalue weighted by atomic mass is 10.2. The minimum atomic E-state index is 0.351. The first kappa shape index (κ1) is 23.1. The fourth-order valence-electron chi connectivity index (χ4n) is 3.33. The molecule has 10 heteroatoms. The average Bonchev–Trinajstić information content (AvgIpc) is 2.88. The largest absolute Gasteiger partial charge is 0.493 e. The second-order valence-electron chi connectivity index (χ2n) is 7.07. The van der Waals surface area contributed by atoms with Gasteiger partial charge in [-0.3, -0.25) is 4.98 Å². The Bertz CT molecular complexity index is 1220. The Hall–Kier alpha value is -4.11. The van der Waals surface area contributed by atoms with Gasteiger partial charge in [0.1, 0.15) is 6.33 Å². The van der Waals surface area contributed by atoms with Gasteiger partial charge in [0.05, 0.1) is 27.9 Å². The van der Waals surface area contributed by atoms with Gasteiger partial charge >= 0.3 is 0 Å². The van der Waals surface area contributed by atoms with Crippen LogP contribution in [0.4, 0.5) is 23.3 Å². The van der Waals surface area contributed by atoms with Crippen LogP contribution in [0.5, 0.6) is 17.2 Å². The van der Waals surface area contributed by atoms with Crippen molar-refractivity contribution in [1.29, 1.82) is 0 Å². The van der Waals surface area contributed by atoms with E-state index in [1.807, 2.05) is 41.3 Å². The van der Waals surface area contributed by atoms with E-state index in [4.69, 9.17) is 25.8 Å². The molecule has 0 aliphatic carbocycles. The molecule has 0 saturated heterocycles. The number of aromatic nitrogens is 4. The highest BCUT2D eigenvalue weighted by Crippen LogP contribution is 2.40. The summed E-state index contributed by atoms with van der Waals surface area (Å²) < 4.78 is 16.2. The van der Waals surface area contributed by atoms with Crippen LogP contribution in [-0.2, 0) is 6.54 Å². The van der Waals surface area contributed by atoms with Crippen molar-refractivity contribution in [1.82, 2.24) is 19.9 Å². The van der Waals surface area contributed by atoms with E-state index in [0.29, 0.717) is 46.4 Å². The van der Waals surface area contributed by atoms with Crippen LogP contribution in [0.25, 0.3) is 0 Å². The van der Waals surface area contributed by atoms with Gasteiger partial charge in [-0.2, -0.15) is 4.98 Å². The number of hydrogen-bond acceptors (Lipinski definition) is 9. The van der Waals surface area contributed by atoms with Crippen LogP contribution >= 0.6 is 11.6 Å². The first-order chi connectivity index (χ1) is 16.6. The second kappa shape index (κ2) is 10.7. The van der Waals surface area contributed by atoms with Crippen LogP contribution in [-0.4, -0.2) is 41.3 Å². The highest BCUT2D eigenvalue weighted by Gasteiger charge is 2.17. The normalized spacial score (nSPS) is 10.5. The molecular weight excluding hydrogens is 456 g/mol. The van der Waals surface area contributed by atoms with Gasteiger partial charge in [-0.15, -0.1) is 0 Å². The lowest BCUT2D eigenvalue weighted by Crippen LogP contribution is -2.20. The molecule has 0 spiro atoms. The van der Waals surface area contributed by atoms with Gasteiger partial charge in [-0.05, 0) is 35.9 Å². The average molecular weight is 479 g/mol. The summed E-state index contributed by atoms with van der Waals surface area (Å²) in [5.41, 5.74) is 2.53. The maximum atomic E-state index is 6.10. The highest BCUT2D eigenvalue weighted by atomic mass is 35.5. The molecule has 0 atom stereocenters. The first-order valence-corrected chi connectivity index (χ1v) is 10.7. The van der Waals surface area contributed by atoms with Crippen LogP contribution in [0.15, 0.2) is 67.3 Å².